The van der Waals surface area contributed by atoms with Gasteiger partial charge in [-0.15, -0.1) is 0 Å². The summed E-state index contributed by atoms with van der Waals surface area (Å²) in [5, 5.41) is 0. The highest BCUT2D eigenvalue weighted by molar-refractivity contribution is 9.10. The molecule has 0 fully saturated rings. The van der Waals surface area contributed by atoms with Crippen LogP contribution in [-0.4, -0.2) is 5.78 Å². The van der Waals surface area contributed by atoms with E-state index >= 15 is 0 Å². The van der Waals surface area contributed by atoms with Gasteiger partial charge in [0, 0.05) is 14.1 Å². The van der Waals surface area contributed by atoms with Crippen LogP contribution in [0.15, 0.2) is 28.7 Å². The molecule has 0 amide bonds. The third-order valence-corrected chi connectivity index (χ3v) is 1.81. The van der Waals surface area contributed by atoms with E-state index in [9.17, 15) is 4.79 Å². The van der Waals surface area contributed by atoms with Gasteiger partial charge in [-0.1, -0.05) is 34.1 Å². The molecule has 1 aromatic rings. The van der Waals surface area contributed by atoms with Gasteiger partial charge in [-0.2, -0.15) is 0 Å². The Kier molecular flexibility index (Phi) is 1.27. The van der Waals surface area contributed by atoms with Gasteiger partial charge in [0.1, 0.15) is 0 Å². The zero-order valence-corrected chi connectivity index (χ0v) is 6.68. The van der Waals surface area contributed by atoms with Crippen LogP contribution >= 0.6 is 15.9 Å². The summed E-state index contributed by atoms with van der Waals surface area (Å²) in [5.74, 6) is -0.833. The second-order valence-corrected chi connectivity index (χ2v) is 2.66. The van der Waals surface area contributed by atoms with Crippen molar-refractivity contribution >= 4 is 21.7 Å². The molecule has 0 aliphatic heterocycles. The standard InChI is InChI=1S/C8H7BrO/c1-6(10)7-4-2-3-5-8(7)9/h2-5H,1H3/i1D3. The number of hydrogen-bond acceptors (Lipinski definition) is 1. The fourth-order valence-corrected chi connectivity index (χ4v) is 1.11. The second-order valence-electron chi connectivity index (χ2n) is 1.81. The van der Waals surface area contributed by atoms with Gasteiger partial charge in [-0.05, 0) is 12.9 Å². The average molecular weight is 202 g/mol. The molecular weight excluding hydrogens is 192 g/mol. The third-order valence-electron chi connectivity index (χ3n) is 1.12. The molecule has 1 rings (SSSR count). The van der Waals surface area contributed by atoms with Crippen molar-refractivity contribution in [3.63, 3.8) is 0 Å². The maximum atomic E-state index is 11.3. The van der Waals surface area contributed by atoms with Gasteiger partial charge in [-0.3, -0.25) is 4.79 Å². The molecule has 0 spiro atoms. The molecule has 0 heterocycles. The van der Waals surface area contributed by atoms with Crippen LogP contribution in [-0.2, 0) is 0 Å². The van der Waals surface area contributed by atoms with E-state index < -0.39 is 12.6 Å². The van der Waals surface area contributed by atoms with Crippen molar-refractivity contribution in [2.24, 2.45) is 0 Å². The van der Waals surface area contributed by atoms with E-state index in [2.05, 4.69) is 15.9 Å². The normalized spacial score (nSPS) is 15.1. The lowest BCUT2D eigenvalue weighted by molar-refractivity contribution is 0.101. The number of halogens is 1. The second kappa shape index (κ2) is 2.97. The van der Waals surface area contributed by atoms with Crippen LogP contribution in [0.3, 0.4) is 0 Å². The van der Waals surface area contributed by atoms with Crippen molar-refractivity contribution in [3.8, 4) is 0 Å². The highest BCUT2D eigenvalue weighted by Gasteiger charge is 2.01. The number of benzene rings is 1. The maximum Gasteiger partial charge on any atom is 0.160 e. The molecule has 0 aliphatic carbocycles. The molecule has 0 N–H and O–H groups in total. The minimum Gasteiger partial charge on any atom is -0.294 e. The molecule has 0 aromatic heterocycles. The molecule has 0 saturated carbocycles. The third kappa shape index (κ3) is 1.45. The first kappa shape index (κ1) is 4.29. The SMILES string of the molecule is [2H]C([2H])([2H])C(=O)c1ccccc1Br. The molecule has 2 heteroatoms. The molecule has 0 aliphatic rings. The lowest BCUT2D eigenvalue weighted by Crippen LogP contribution is -1.91. The van der Waals surface area contributed by atoms with Crippen LogP contribution < -0.4 is 0 Å². The first-order valence-electron chi connectivity index (χ1n) is 4.22. The molecule has 0 saturated heterocycles. The molecule has 52 valence electrons. The van der Waals surface area contributed by atoms with Gasteiger partial charge in [0.25, 0.3) is 0 Å². The largest absolute Gasteiger partial charge is 0.294 e. The minimum absolute atomic E-state index is 0.197. The maximum absolute atomic E-state index is 11.3. The van der Waals surface area contributed by atoms with E-state index in [1.54, 1.807) is 18.2 Å². The fraction of sp³-hybridized carbons (Fsp3) is 0.125. The van der Waals surface area contributed by atoms with Crippen LogP contribution in [0.4, 0.5) is 0 Å². The number of hydrogen-bond donors (Lipinski definition) is 0. The molecular formula is C8H7BrO. The Morgan fingerprint density at radius 3 is 2.90 bits per heavy atom. The first-order valence-corrected chi connectivity index (χ1v) is 3.51. The van der Waals surface area contributed by atoms with E-state index in [1.807, 2.05) is 0 Å². The molecule has 1 nitrogen and oxygen atoms in total. The fourth-order valence-electron chi connectivity index (χ4n) is 0.645. The molecule has 0 radical (unpaired) electrons. The van der Waals surface area contributed by atoms with Crippen LogP contribution in [0.2, 0.25) is 0 Å². The van der Waals surface area contributed by atoms with Crippen LogP contribution in [0.5, 0.6) is 0 Å². The molecule has 10 heavy (non-hydrogen) atoms. The Bertz CT molecular complexity index is 332. The monoisotopic (exact) mass is 201 g/mol. The predicted molar refractivity (Wildman–Crippen MR) is 44.1 cm³/mol. The smallest absolute Gasteiger partial charge is 0.160 e. The molecule has 0 unspecified atom stereocenters. The quantitative estimate of drug-likeness (QED) is 0.639. The Hall–Kier alpha value is -0.630. The highest BCUT2D eigenvalue weighted by Crippen LogP contribution is 2.15. The summed E-state index contributed by atoms with van der Waals surface area (Å²) in [6, 6.07) is 6.47. The summed E-state index contributed by atoms with van der Waals surface area (Å²) >= 11 is 3.12. The summed E-state index contributed by atoms with van der Waals surface area (Å²) in [4.78, 5) is 11.3. The Labute approximate surface area is 72.4 Å². The van der Waals surface area contributed by atoms with E-state index in [1.165, 1.54) is 6.07 Å². The number of rotatable bonds is 1. The van der Waals surface area contributed by atoms with E-state index in [-0.39, 0.29) is 5.56 Å². The van der Waals surface area contributed by atoms with Crippen molar-refractivity contribution in [1.29, 1.82) is 0 Å². The van der Waals surface area contributed by atoms with Gasteiger partial charge >= 0.3 is 0 Å². The van der Waals surface area contributed by atoms with Gasteiger partial charge in [0.05, 0.1) is 0 Å². The highest BCUT2D eigenvalue weighted by atomic mass is 79.9. The van der Waals surface area contributed by atoms with Gasteiger partial charge < -0.3 is 0 Å². The van der Waals surface area contributed by atoms with Crippen molar-refractivity contribution < 1.29 is 8.91 Å². The summed E-state index contributed by atoms with van der Waals surface area (Å²) in [6.07, 6.45) is 0. The lowest BCUT2D eigenvalue weighted by atomic mass is 10.2. The van der Waals surface area contributed by atoms with E-state index in [4.69, 9.17) is 4.11 Å². The number of ketones is 1. The first-order chi connectivity index (χ1) is 5.93. The lowest BCUT2D eigenvalue weighted by Gasteiger charge is -1.96. The summed E-state index contributed by atoms with van der Waals surface area (Å²) < 4.78 is 21.3. The topological polar surface area (TPSA) is 17.1 Å². The van der Waals surface area contributed by atoms with Gasteiger partial charge in [0.2, 0.25) is 0 Å². The Morgan fingerprint density at radius 1 is 1.60 bits per heavy atom. The van der Waals surface area contributed by atoms with Crippen molar-refractivity contribution in [2.45, 2.75) is 6.85 Å². The minimum atomic E-state index is -2.57. The number of carbonyl (C=O) groups is 1. The van der Waals surface area contributed by atoms with Gasteiger partial charge in [0.15, 0.2) is 5.78 Å². The number of Topliss-reactive ketones (excluding diaryl/α,β-unsaturated/α-hetero) is 1. The van der Waals surface area contributed by atoms with E-state index in [0.29, 0.717) is 4.47 Å². The zero-order chi connectivity index (χ0) is 10.1. The molecule has 0 bridgehead atoms. The van der Waals surface area contributed by atoms with Crippen LogP contribution in [0, 0.1) is 0 Å². The summed E-state index contributed by atoms with van der Waals surface area (Å²) in [7, 11) is 0. The summed E-state index contributed by atoms with van der Waals surface area (Å²) in [5.41, 5.74) is 0.197. The molecule has 1 aromatic carbocycles. The molecule has 0 atom stereocenters. The van der Waals surface area contributed by atoms with E-state index in [0.717, 1.165) is 0 Å². The average Bonchev–Trinajstić information content (AvgIpc) is 2.02. The Balaban J connectivity index is 3.10. The van der Waals surface area contributed by atoms with Crippen LogP contribution in [0.25, 0.3) is 0 Å². The zero-order valence-electron chi connectivity index (χ0n) is 8.10. The Morgan fingerprint density at radius 2 is 2.30 bits per heavy atom. The van der Waals surface area contributed by atoms with Crippen molar-refractivity contribution in [3.05, 3.63) is 34.3 Å². The van der Waals surface area contributed by atoms with Gasteiger partial charge in [-0.25, -0.2) is 0 Å². The summed E-state index contributed by atoms with van der Waals surface area (Å²) in [6.45, 7) is -2.57. The van der Waals surface area contributed by atoms with Crippen molar-refractivity contribution in [1.82, 2.24) is 0 Å². The number of carbonyl (C=O) groups excluding carboxylic acids is 1. The van der Waals surface area contributed by atoms with Crippen molar-refractivity contribution in [2.75, 3.05) is 0 Å². The predicted octanol–water partition coefficient (Wildman–Crippen LogP) is 2.65. The van der Waals surface area contributed by atoms with Crippen LogP contribution in [0.1, 0.15) is 21.3 Å².